The minimum absolute atomic E-state index is 0.0247. The Morgan fingerprint density at radius 1 is 1.21 bits per heavy atom. The molecule has 0 aromatic carbocycles. The van der Waals surface area contributed by atoms with Crippen molar-refractivity contribution in [2.24, 2.45) is 0 Å². The standard InChI is InChI=1S/C16H18N2O/c1-2-3-4-5-6-7-13-18-15-9-8-12-17-14(15)10-11-16(18)19/h8-12H,2-5,13H2,1H3. The minimum Gasteiger partial charge on any atom is -0.295 e. The van der Waals surface area contributed by atoms with Gasteiger partial charge in [0.2, 0.25) is 0 Å². The van der Waals surface area contributed by atoms with Crippen LogP contribution < -0.4 is 5.56 Å². The van der Waals surface area contributed by atoms with Crippen LogP contribution in [0.15, 0.2) is 35.3 Å². The summed E-state index contributed by atoms with van der Waals surface area (Å²) in [6, 6.07) is 7.05. The van der Waals surface area contributed by atoms with Crippen LogP contribution in [0.5, 0.6) is 0 Å². The van der Waals surface area contributed by atoms with Gasteiger partial charge in [-0.25, -0.2) is 0 Å². The van der Waals surface area contributed by atoms with E-state index in [9.17, 15) is 4.79 Å². The molecule has 3 nitrogen and oxygen atoms in total. The van der Waals surface area contributed by atoms with Crippen molar-refractivity contribution in [3.8, 4) is 11.8 Å². The van der Waals surface area contributed by atoms with Crippen LogP contribution in [0, 0.1) is 11.8 Å². The quantitative estimate of drug-likeness (QED) is 0.621. The van der Waals surface area contributed by atoms with Crippen LogP contribution in [0.1, 0.15) is 32.6 Å². The molecule has 0 amide bonds. The van der Waals surface area contributed by atoms with E-state index in [4.69, 9.17) is 0 Å². The van der Waals surface area contributed by atoms with Crippen LogP contribution in [-0.4, -0.2) is 9.55 Å². The largest absolute Gasteiger partial charge is 0.295 e. The van der Waals surface area contributed by atoms with E-state index in [1.54, 1.807) is 22.9 Å². The third kappa shape index (κ3) is 3.45. The van der Waals surface area contributed by atoms with Gasteiger partial charge in [-0.05, 0) is 24.6 Å². The number of pyridine rings is 2. The van der Waals surface area contributed by atoms with Crippen molar-refractivity contribution in [2.75, 3.05) is 0 Å². The van der Waals surface area contributed by atoms with Gasteiger partial charge < -0.3 is 0 Å². The van der Waals surface area contributed by atoms with E-state index < -0.39 is 0 Å². The van der Waals surface area contributed by atoms with Crippen LogP contribution >= 0.6 is 0 Å². The minimum atomic E-state index is -0.0247. The molecule has 0 aliphatic heterocycles. The molecular weight excluding hydrogens is 236 g/mol. The Morgan fingerprint density at radius 3 is 2.95 bits per heavy atom. The van der Waals surface area contributed by atoms with E-state index in [0.29, 0.717) is 6.54 Å². The second-order valence-electron chi connectivity index (χ2n) is 4.48. The molecular formula is C16H18N2O. The lowest BCUT2D eigenvalue weighted by Gasteiger charge is -2.05. The van der Waals surface area contributed by atoms with Crippen LogP contribution in [-0.2, 0) is 6.54 Å². The van der Waals surface area contributed by atoms with Crippen molar-refractivity contribution in [3.63, 3.8) is 0 Å². The van der Waals surface area contributed by atoms with Crippen LogP contribution in [0.4, 0.5) is 0 Å². The normalized spacial score (nSPS) is 10.2. The summed E-state index contributed by atoms with van der Waals surface area (Å²) < 4.78 is 1.68. The van der Waals surface area contributed by atoms with E-state index in [2.05, 4.69) is 23.7 Å². The van der Waals surface area contributed by atoms with Gasteiger partial charge in [0.25, 0.3) is 5.56 Å². The maximum Gasteiger partial charge on any atom is 0.251 e. The van der Waals surface area contributed by atoms with E-state index in [1.807, 2.05) is 12.1 Å². The fraction of sp³-hybridized carbons (Fsp3) is 0.375. The first-order valence-corrected chi connectivity index (χ1v) is 6.73. The average Bonchev–Trinajstić information content (AvgIpc) is 2.44. The number of aromatic nitrogens is 2. The maximum absolute atomic E-state index is 11.9. The predicted molar refractivity (Wildman–Crippen MR) is 77.9 cm³/mol. The lowest BCUT2D eigenvalue weighted by Crippen LogP contribution is -2.18. The molecule has 3 heteroatoms. The van der Waals surface area contributed by atoms with Gasteiger partial charge in [0.1, 0.15) is 0 Å². The number of rotatable bonds is 4. The summed E-state index contributed by atoms with van der Waals surface area (Å²) in [6.45, 7) is 2.62. The summed E-state index contributed by atoms with van der Waals surface area (Å²) in [4.78, 5) is 16.1. The number of hydrogen-bond donors (Lipinski definition) is 0. The number of nitrogens with zero attached hydrogens (tertiary/aromatic N) is 2. The van der Waals surface area contributed by atoms with Gasteiger partial charge in [-0.2, -0.15) is 0 Å². The predicted octanol–water partition coefficient (Wildman–Crippen LogP) is 2.98. The van der Waals surface area contributed by atoms with E-state index in [1.165, 1.54) is 12.8 Å². The number of fused-ring (bicyclic) bond motifs is 1. The van der Waals surface area contributed by atoms with Crippen molar-refractivity contribution < 1.29 is 0 Å². The Balaban J connectivity index is 2.16. The Morgan fingerprint density at radius 2 is 2.11 bits per heavy atom. The number of unbranched alkanes of at least 4 members (excludes halogenated alkanes) is 3. The third-order valence-electron chi connectivity index (χ3n) is 3.02. The molecule has 19 heavy (non-hydrogen) atoms. The first-order chi connectivity index (χ1) is 9.33. The zero-order valence-corrected chi connectivity index (χ0v) is 11.2. The molecule has 0 radical (unpaired) electrons. The summed E-state index contributed by atoms with van der Waals surface area (Å²) in [5, 5.41) is 0. The molecule has 0 unspecified atom stereocenters. The van der Waals surface area contributed by atoms with Gasteiger partial charge in [0, 0.05) is 18.7 Å². The summed E-state index contributed by atoms with van der Waals surface area (Å²) in [7, 11) is 0. The molecule has 2 aromatic rings. The molecule has 98 valence electrons. The Bertz CT molecular complexity index is 661. The van der Waals surface area contributed by atoms with Crippen molar-refractivity contribution in [2.45, 2.75) is 39.2 Å². The lowest BCUT2D eigenvalue weighted by atomic mass is 10.2. The van der Waals surface area contributed by atoms with Gasteiger partial charge in [-0.15, -0.1) is 5.92 Å². The fourth-order valence-electron chi connectivity index (χ4n) is 1.97. The van der Waals surface area contributed by atoms with Gasteiger partial charge in [0.05, 0.1) is 17.6 Å². The van der Waals surface area contributed by atoms with Crippen molar-refractivity contribution in [3.05, 3.63) is 40.8 Å². The van der Waals surface area contributed by atoms with Crippen molar-refractivity contribution in [1.29, 1.82) is 0 Å². The van der Waals surface area contributed by atoms with Crippen LogP contribution in [0.2, 0.25) is 0 Å². The van der Waals surface area contributed by atoms with Gasteiger partial charge in [0.15, 0.2) is 0 Å². The smallest absolute Gasteiger partial charge is 0.251 e. The SMILES string of the molecule is CCCCCC#CCn1c(=O)ccc2ncccc21. The first-order valence-electron chi connectivity index (χ1n) is 6.73. The van der Waals surface area contributed by atoms with Gasteiger partial charge >= 0.3 is 0 Å². The van der Waals surface area contributed by atoms with Crippen LogP contribution in [0.25, 0.3) is 11.0 Å². The summed E-state index contributed by atoms with van der Waals surface area (Å²) in [5.41, 5.74) is 1.65. The molecule has 2 rings (SSSR count). The second kappa shape index (κ2) is 6.75. The second-order valence-corrected chi connectivity index (χ2v) is 4.48. The average molecular weight is 254 g/mol. The van der Waals surface area contributed by atoms with Crippen molar-refractivity contribution in [1.82, 2.24) is 9.55 Å². The summed E-state index contributed by atoms with van der Waals surface area (Å²) >= 11 is 0. The van der Waals surface area contributed by atoms with Crippen LogP contribution in [0.3, 0.4) is 0 Å². The van der Waals surface area contributed by atoms with Gasteiger partial charge in [-0.3, -0.25) is 14.3 Å². The zero-order valence-electron chi connectivity index (χ0n) is 11.2. The fourth-order valence-corrected chi connectivity index (χ4v) is 1.97. The molecule has 2 heterocycles. The molecule has 0 saturated heterocycles. The molecule has 0 aliphatic rings. The Hall–Kier alpha value is -2.08. The maximum atomic E-state index is 11.9. The molecule has 0 atom stereocenters. The highest BCUT2D eigenvalue weighted by molar-refractivity contribution is 5.74. The highest BCUT2D eigenvalue weighted by Crippen LogP contribution is 2.07. The van der Waals surface area contributed by atoms with Gasteiger partial charge in [-0.1, -0.05) is 25.7 Å². The number of hydrogen-bond acceptors (Lipinski definition) is 2. The molecule has 0 N–H and O–H groups in total. The van der Waals surface area contributed by atoms with E-state index in [0.717, 1.165) is 23.9 Å². The van der Waals surface area contributed by atoms with E-state index in [-0.39, 0.29) is 5.56 Å². The topological polar surface area (TPSA) is 34.9 Å². The summed E-state index contributed by atoms with van der Waals surface area (Å²) in [6.07, 6.45) is 6.19. The Labute approximate surface area is 113 Å². The summed E-state index contributed by atoms with van der Waals surface area (Å²) in [5.74, 6) is 6.21. The molecule has 0 aliphatic carbocycles. The monoisotopic (exact) mass is 254 g/mol. The third-order valence-corrected chi connectivity index (χ3v) is 3.02. The van der Waals surface area contributed by atoms with Crippen molar-refractivity contribution >= 4 is 11.0 Å². The molecule has 0 fully saturated rings. The van der Waals surface area contributed by atoms with E-state index >= 15 is 0 Å². The Kier molecular flexibility index (Phi) is 4.74. The molecule has 0 bridgehead atoms. The zero-order chi connectivity index (χ0) is 13.5. The highest BCUT2D eigenvalue weighted by atomic mass is 16.1. The highest BCUT2D eigenvalue weighted by Gasteiger charge is 2.00. The lowest BCUT2D eigenvalue weighted by molar-refractivity contribution is 0.736. The molecule has 0 saturated carbocycles. The molecule has 2 aromatic heterocycles. The first kappa shape index (κ1) is 13.4. The molecule has 0 spiro atoms.